The average molecular weight is 239 g/mol. The Hall–Kier alpha value is -0.730. The van der Waals surface area contributed by atoms with Crippen molar-refractivity contribution in [2.75, 3.05) is 25.0 Å². The third-order valence-electron chi connectivity index (χ3n) is 3.42. The van der Waals surface area contributed by atoms with Gasteiger partial charge in [0.1, 0.15) is 0 Å². The van der Waals surface area contributed by atoms with Gasteiger partial charge in [0.25, 0.3) is 0 Å². The number of hydrogen-bond acceptors (Lipinski definition) is 2. The zero-order valence-electron chi connectivity index (χ0n) is 9.96. The molecule has 0 atom stereocenters. The molecule has 1 saturated heterocycles. The number of nitrogens with zero attached hydrogens (tertiary/aromatic N) is 1. The van der Waals surface area contributed by atoms with Gasteiger partial charge in [-0.3, -0.25) is 0 Å². The second-order valence-electron chi connectivity index (χ2n) is 4.48. The molecule has 0 saturated carbocycles. The fourth-order valence-electron chi connectivity index (χ4n) is 2.20. The highest BCUT2D eigenvalue weighted by atomic mass is 35.5. The molecule has 88 valence electrons. The van der Waals surface area contributed by atoms with Crippen LogP contribution >= 0.6 is 11.6 Å². The van der Waals surface area contributed by atoms with Crippen molar-refractivity contribution in [2.24, 2.45) is 0 Å². The Bertz CT molecular complexity index is 357. The van der Waals surface area contributed by atoms with Crippen molar-refractivity contribution in [1.82, 2.24) is 5.32 Å². The zero-order chi connectivity index (χ0) is 11.5. The topological polar surface area (TPSA) is 15.3 Å². The molecule has 0 aromatic heterocycles. The second kappa shape index (κ2) is 5.07. The maximum absolute atomic E-state index is 6.15. The summed E-state index contributed by atoms with van der Waals surface area (Å²) in [7, 11) is 2.04. The van der Waals surface area contributed by atoms with Gasteiger partial charge in [-0.2, -0.15) is 0 Å². The molecule has 16 heavy (non-hydrogen) atoms. The van der Waals surface area contributed by atoms with Gasteiger partial charge in [-0.05, 0) is 44.5 Å². The van der Waals surface area contributed by atoms with E-state index >= 15 is 0 Å². The van der Waals surface area contributed by atoms with E-state index < -0.39 is 0 Å². The summed E-state index contributed by atoms with van der Waals surface area (Å²) in [5, 5.41) is 4.21. The predicted molar refractivity (Wildman–Crippen MR) is 70.5 cm³/mol. The normalized spacial score (nSPS) is 17.8. The Morgan fingerprint density at radius 3 is 2.56 bits per heavy atom. The molecule has 0 aliphatic carbocycles. The van der Waals surface area contributed by atoms with Crippen LogP contribution in [0.5, 0.6) is 0 Å². The highest BCUT2D eigenvalue weighted by Gasteiger charge is 2.18. The highest BCUT2D eigenvalue weighted by molar-refractivity contribution is 6.31. The Morgan fingerprint density at radius 1 is 1.31 bits per heavy atom. The standard InChI is InChI=1S/C13H19ClN2/c1-10-3-4-12(9-13(10)14)16-7-5-11(15-2)6-8-16/h3-4,9,11,15H,5-8H2,1-2H3. The van der Waals surface area contributed by atoms with Crippen molar-refractivity contribution >= 4 is 17.3 Å². The summed E-state index contributed by atoms with van der Waals surface area (Å²) in [5.41, 5.74) is 2.40. The molecule has 0 unspecified atom stereocenters. The molecule has 1 aromatic carbocycles. The first-order valence-corrected chi connectivity index (χ1v) is 6.27. The average Bonchev–Trinajstić information content (AvgIpc) is 2.33. The van der Waals surface area contributed by atoms with Crippen LogP contribution in [0.2, 0.25) is 5.02 Å². The Morgan fingerprint density at radius 2 is 2.00 bits per heavy atom. The number of anilines is 1. The van der Waals surface area contributed by atoms with Crippen LogP contribution in [0.15, 0.2) is 18.2 Å². The predicted octanol–water partition coefficient (Wildman–Crippen LogP) is 2.84. The highest BCUT2D eigenvalue weighted by Crippen LogP contribution is 2.25. The lowest BCUT2D eigenvalue weighted by Gasteiger charge is -2.33. The summed E-state index contributed by atoms with van der Waals surface area (Å²) >= 11 is 6.15. The van der Waals surface area contributed by atoms with Gasteiger partial charge < -0.3 is 10.2 Å². The van der Waals surface area contributed by atoms with Crippen molar-refractivity contribution in [3.63, 3.8) is 0 Å². The van der Waals surface area contributed by atoms with Crippen molar-refractivity contribution in [2.45, 2.75) is 25.8 Å². The molecule has 1 aliphatic heterocycles. The van der Waals surface area contributed by atoms with E-state index in [9.17, 15) is 0 Å². The minimum Gasteiger partial charge on any atom is -0.371 e. The van der Waals surface area contributed by atoms with Crippen LogP contribution < -0.4 is 10.2 Å². The van der Waals surface area contributed by atoms with Crippen LogP contribution in [-0.2, 0) is 0 Å². The second-order valence-corrected chi connectivity index (χ2v) is 4.89. The van der Waals surface area contributed by atoms with E-state index in [-0.39, 0.29) is 0 Å². The molecule has 2 rings (SSSR count). The fourth-order valence-corrected chi connectivity index (χ4v) is 2.38. The zero-order valence-corrected chi connectivity index (χ0v) is 10.7. The van der Waals surface area contributed by atoms with Crippen LogP contribution in [0.3, 0.4) is 0 Å². The van der Waals surface area contributed by atoms with Crippen LogP contribution in [-0.4, -0.2) is 26.2 Å². The van der Waals surface area contributed by atoms with Crippen LogP contribution in [0.1, 0.15) is 18.4 Å². The quantitative estimate of drug-likeness (QED) is 0.853. The van der Waals surface area contributed by atoms with E-state index in [1.807, 2.05) is 14.0 Å². The summed E-state index contributed by atoms with van der Waals surface area (Å²) < 4.78 is 0. The number of aryl methyl sites for hydroxylation is 1. The van der Waals surface area contributed by atoms with Gasteiger partial charge in [0, 0.05) is 29.8 Å². The van der Waals surface area contributed by atoms with Crippen LogP contribution in [0.25, 0.3) is 0 Å². The summed E-state index contributed by atoms with van der Waals surface area (Å²) in [6.45, 7) is 4.27. The lowest BCUT2D eigenvalue weighted by molar-refractivity contribution is 0.442. The molecule has 1 aromatic rings. The summed E-state index contributed by atoms with van der Waals surface area (Å²) in [4.78, 5) is 2.42. The van der Waals surface area contributed by atoms with E-state index in [0.717, 1.165) is 23.7 Å². The molecule has 0 bridgehead atoms. The van der Waals surface area contributed by atoms with Gasteiger partial charge in [0.05, 0.1) is 0 Å². The number of piperidine rings is 1. The maximum Gasteiger partial charge on any atom is 0.0455 e. The lowest BCUT2D eigenvalue weighted by Crippen LogP contribution is -2.41. The molecule has 3 heteroatoms. The Kier molecular flexibility index (Phi) is 3.72. The molecule has 1 aliphatic rings. The third-order valence-corrected chi connectivity index (χ3v) is 3.83. The van der Waals surface area contributed by atoms with Crippen molar-refractivity contribution in [3.05, 3.63) is 28.8 Å². The number of benzene rings is 1. The first-order valence-electron chi connectivity index (χ1n) is 5.89. The van der Waals surface area contributed by atoms with Gasteiger partial charge in [-0.25, -0.2) is 0 Å². The number of halogens is 1. The minimum atomic E-state index is 0.678. The Balaban J connectivity index is 2.05. The van der Waals surface area contributed by atoms with Gasteiger partial charge >= 0.3 is 0 Å². The molecule has 1 heterocycles. The van der Waals surface area contributed by atoms with E-state index in [0.29, 0.717) is 6.04 Å². The molecule has 2 nitrogen and oxygen atoms in total. The monoisotopic (exact) mass is 238 g/mol. The van der Waals surface area contributed by atoms with Gasteiger partial charge in [0.2, 0.25) is 0 Å². The van der Waals surface area contributed by atoms with E-state index in [1.54, 1.807) is 0 Å². The molecule has 0 spiro atoms. The van der Waals surface area contributed by atoms with Gasteiger partial charge in [0.15, 0.2) is 0 Å². The van der Waals surface area contributed by atoms with E-state index in [2.05, 4.69) is 28.4 Å². The first-order chi connectivity index (χ1) is 7.70. The molecule has 0 amide bonds. The fraction of sp³-hybridized carbons (Fsp3) is 0.538. The smallest absolute Gasteiger partial charge is 0.0455 e. The van der Waals surface area contributed by atoms with Crippen LogP contribution in [0.4, 0.5) is 5.69 Å². The molecule has 1 N–H and O–H groups in total. The van der Waals surface area contributed by atoms with E-state index in [4.69, 9.17) is 11.6 Å². The van der Waals surface area contributed by atoms with Crippen LogP contribution in [0, 0.1) is 6.92 Å². The summed E-state index contributed by atoms with van der Waals surface area (Å²) in [5.74, 6) is 0. The van der Waals surface area contributed by atoms with Gasteiger partial charge in [-0.15, -0.1) is 0 Å². The number of hydrogen-bond donors (Lipinski definition) is 1. The Labute approximate surface area is 103 Å². The molecule has 1 fully saturated rings. The number of rotatable bonds is 2. The SMILES string of the molecule is CNC1CCN(c2ccc(C)c(Cl)c2)CC1. The minimum absolute atomic E-state index is 0.678. The maximum atomic E-state index is 6.15. The lowest BCUT2D eigenvalue weighted by atomic mass is 10.0. The first kappa shape index (κ1) is 11.7. The molecular formula is C13H19ClN2. The third kappa shape index (κ3) is 2.50. The molecule has 0 radical (unpaired) electrons. The molecular weight excluding hydrogens is 220 g/mol. The number of nitrogens with one attached hydrogen (secondary N) is 1. The summed E-state index contributed by atoms with van der Waals surface area (Å²) in [6.07, 6.45) is 2.42. The van der Waals surface area contributed by atoms with Crippen molar-refractivity contribution in [3.8, 4) is 0 Å². The van der Waals surface area contributed by atoms with Crippen molar-refractivity contribution < 1.29 is 0 Å². The summed E-state index contributed by atoms with van der Waals surface area (Å²) in [6, 6.07) is 7.02. The largest absolute Gasteiger partial charge is 0.371 e. The van der Waals surface area contributed by atoms with Crippen molar-refractivity contribution in [1.29, 1.82) is 0 Å². The van der Waals surface area contributed by atoms with E-state index in [1.165, 1.54) is 18.5 Å². The van der Waals surface area contributed by atoms with Gasteiger partial charge in [-0.1, -0.05) is 17.7 Å².